The number of carbonyl (C=O) groups is 2. The van der Waals surface area contributed by atoms with E-state index in [0.717, 1.165) is 19.3 Å². The van der Waals surface area contributed by atoms with Gasteiger partial charge in [0.15, 0.2) is 5.13 Å². The third kappa shape index (κ3) is 3.53. The maximum atomic E-state index is 12.4. The van der Waals surface area contributed by atoms with Crippen LogP contribution in [0.25, 0.3) is 0 Å². The van der Waals surface area contributed by atoms with Gasteiger partial charge in [0.25, 0.3) is 0 Å². The van der Waals surface area contributed by atoms with E-state index in [1.54, 1.807) is 22.4 Å². The highest BCUT2D eigenvalue weighted by Gasteiger charge is 2.33. The van der Waals surface area contributed by atoms with Crippen LogP contribution in [0.1, 0.15) is 24.1 Å². The first-order valence-electron chi connectivity index (χ1n) is 7.26. The molecule has 0 aromatic carbocycles. The van der Waals surface area contributed by atoms with E-state index in [1.165, 1.54) is 16.2 Å². The van der Waals surface area contributed by atoms with Gasteiger partial charge in [0, 0.05) is 29.4 Å². The van der Waals surface area contributed by atoms with Crippen LogP contribution in [-0.4, -0.2) is 34.3 Å². The number of hydrogen-bond acceptors (Lipinski definition) is 5. The number of thiophene rings is 1. The standard InChI is InChI=1S/C15H17N3O2S2/c19-13(6-5-11-3-2-9-21-11)18-8-1-4-12(18)14(20)17-15-16-7-10-22-15/h2-3,7,9-10,12H,1,4-6,8H2,(H,16,17,20)/t12-/m1/s1. The van der Waals surface area contributed by atoms with E-state index in [9.17, 15) is 9.59 Å². The topological polar surface area (TPSA) is 62.3 Å². The lowest BCUT2D eigenvalue weighted by molar-refractivity contribution is -0.136. The lowest BCUT2D eigenvalue weighted by atomic mass is 10.2. The highest BCUT2D eigenvalue weighted by molar-refractivity contribution is 7.13. The van der Waals surface area contributed by atoms with Crippen molar-refractivity contribution in [2.24, 2.45) is 0 Å². The van der Waals surface area contributed by atoms with Gasteiger partial charge in [0.2, 0.25) is 11.8 Å². The molecule has 116 valence electrons. The summed E-state index contributed by atoms with van der Waals surface area (Å²) in [7, 11) is 0. The Morgan fingerprint density at radius 2 is 2.27 bits per heavy atom. The van der Waals surface area contributed by atoms with Crippen molar-refractivity contribution >= 4 is 39.6 Å². The average molecular weight is 335 g/mol. The van der Waals surface area contributed by atoms with Crippen LogP contribution in [0.2, 0.25) is 0 Å². The van der Waals surface area contributed by atoms with Crippen LogP contribution in [0, 0.1) is 0 Å². The molecule has 3 rings (SSSR count). The summed E-state index contributed by atoms with van der Waals surface area (Å²) in [5.74, 6) is -0.0675. The van der Waals surface area contributed by atoms with E-state index in [2.05, 4.69) is 10.3 Å². The Kier molecular flexibility index (Phi) is 4.84. The molecule has 1 atom stereocenters. The molecule has 2 amide bonds. The van der Waals surface area contributed by atoms with Crippen molar-refractivity contribution in [2.75, 3.05) is 11.9 Å². The fourth-order valence-corrected chi connectivity index (χ4v) is 3.88. The summed E-state index contributed by atoms with van der Waals surface area (Å²) in [5, 5.41) is 7.21. The minimum atomic E-state index is -0.361. The number of thiazole rings is 1. The Morgan fingerprint density at radius 3 is 3.00 bits per heavy atom. The van der Waals surface area contributed by atoms with E-state index in [4.69, 9.17) is 0 Å². The van der Waals surface area contributed by atoms with Gasteiger partial charge >= 0.3 is 0 Å². The van der Waals surface area contributed by atoms with Crippen molar-refractivity contribution in [3.63, 3.8) is 0 Å². The van der Waals surface area contributed by atoms with E-state index < -0.39 is 0 Å². The van der Waals surface area contributed by atoms with Crippen molar-refractivity contribution in [1.29, 1.82) is 0 Å². The second-order valence-electron chi connectivity index (χ2n) is 5.15. The normalized spacial score (nSPS) is 17.6. The first kappa shape index (κ1) is 15.2. The SMILES string of the molecule is O=C(Nc1nccs1)[C@H]1CCCN1C(=O)CCc1cccs1. The molecule has 2 aromatic rings. The van der Waals surface area contributed by atoms with Crippen molar-refractivity contribution in [3.8, 4) is 0 Å². The number of nitrogens with one attached hydrogen (secondary N) is 1. The molecule has 3 heterocycles. The average Bonchev–Trinajstić information content (AvgIpc) is 3.25. The molecular weight excluding hydrogens is 318 g/mol. The fourth-order valence-electron chi connectivity index (χ4n) is 2.64. The summed E-state index contributed by atoms with van der Waals surface area (Å²) in [5.41, 5.74) is 0. The predicted octanol–water partition coefficient (Wildman–Crippen LogP) is 2.77. The first-order valence-corrected chi connectivity index (χ1v) is 9.02. The summed E-state index contributed by atoms with van der Waals surface area (Å²) < 4.78 is 0. The van der Waals surface area contributed by atoms with Crippen LogP contribution in [0.15, 0.2) is 29.1 Å². The number of carbonyl (C=O) groups excluding carboxylic acids is 2. The van der Waals surface area contributed by atoms with E-state index >= 15 is 0 Å². The smallest absolute Gasteiger partial charge is 0.248 e. The van der Waals surface area contributed by atoms with Gasteiger partial charge in [0.1, 0.15) is 6.04 Å². The Labute approximate surface area is 137 Å². The molecule has 1 aliphatic rings. The number of aromatic nitrogens is 1. The fraction of sp³-hybridized carbons (Fsp3) is 0.400. The Morgan fingerprint density at radius 1 is 1.36 bits per heavy atom. The number of likely N-dealkylation sites (tertiary alicyclic amines) is 1. The van der Waals surface area contributed by atoms with Crippen LogP contribution >= 0.6 is 22.7 Å². The first-order chi connectivity index (χ1) is 10.7. The molecule has 0 spiro atoms. The number of aryl methyl sites for hydroxylation is 1. The molecule has 0 bridgehead atoms. The molecule has 22 heavy (non-hydrogen) atoms. The van der Waals surface area contributed by atoms with Crippen LogP contribution in [-0.2, 0) is 16.0 Å². The Bertz CT molecular complexity index is 625. The largest absolute Gasteiger partial charge is 0.331 e. The lowest BCUT2D eigenvalue weighted by Crippen LogP contribution is -2.43. The molecule has 7 heteroatoms. The number of amides is 2. The molecule has 0 aliphatic carbocycles. The minimum absolute atomic E-state index is 0.0604. The third-order valence-corrected chi connectivity index (χ3v) is 5.33. The van der Waals surface area contributed by atoms with Crippen LogP contribution < -0.4 is 5.32 Å². The maximum absolute atomic E-state index is 12.4. The van der Waals surface area contributed by atoms with Crippen LogP contribution in [0.3, 0.4) is 0 Å². The second kappa shape index (κ2) is 7.02. The zero-order chi connectivity index (χ0) is 15.4. The summed E-state index contributed by atoms with van der Waals surface area (Å²) in [6, 6.07) is 3.67. The third-order valence-electron chi connectivity index (χ3n) is 3.70. The van der Waals surface area contributed by atoms with E-state index in [1.807, 2.05) is 22.9 Å². The van der Waals surface area contributed by atoms with Crippen molar-refractivity contribution in [1.82, 2.24) is 9.88 Å². The molecule has 1 saturated heterocycles. The van der Waals surface area contributed by atoms with Gasteiger partial charge in [0.05, 0.1) is 0 Å². The number of anilines is 1. The van der Waals surface area contributed by atoms with Crippen LogP contribution in [0.5, 0.6) is 0 Å². The Hall–Kier alpha value is -1.73. The molecule has 1 N–H and O–H groups in total. The summed E-state index contributed by atoms with van der Waals surface area (Å²) >= 11 is 3.04. The molecular formula is C15H17N3O2S2. The van der Waals surface area contributed by atoms with Crippen molar-refractivity contribution in [2.45, 2.75) is 31.7 Å². The predicted molar refractivity (Wildman–Crippen MR) is 88.1 cm³/mol. The zero-order valence-electron chi connectivity index (χ0n) is 12.0. The molecule has 0 unspecified atom stereocenters. The van der Waals surface area contributed by atoms with Gasteiger partial charge in [-0.05, 0) is 30.7 Å². The lowest BCUT2D eigenvalue weighted by Gasteiger charge is -2.23. The van der Waals surface area contributed by atoms with Gasteiger partial charge in [-0.15, -0.1) is 22.7 Å². The highest BCUT2D eigenvalue weighted by Crippen LogP contribution is 2.22. The Balaban J connectivity index is 1.57. The number of rotatable bonds is 5. The minimum Gasteiger partial charge on any atom is -0.331 e. The molecule has 1 aliphatic heterocycles. The molecule has 0 radical (unpaired) electrons. The van der Waals surface area contributed by atoms with E-state index in [-0.39, 0.29) is 17.9 Å². The molecule has 2 aromatic heterocycles. The van der Waals surface area contributed by atoms with Gasteiger partial charge in [-0.3, -0.25) is 9.59 Å². The quantitative estimate of drug-likeness (QED) is 0.914. The van der Waals surface area contributed by atoms with Gasteiger partial charge in [-0.2, -0.15) is 0 Å². The summed E-state index contributed by atoms with van der Waals surface area (Å²) in [4.78, 5) is 31.7. The second-order valence-corrected chi connectivity index (χ2v) is 7.08. The van der Waals surface area contributed by atoms with Gasteiger partial charge in [-0.25, -0.2) is 4.98 Å². The molecule has 5 nitrogen and oxygen atoms in total. The van der Waals surface area contributed by atoms with Crippen molar-refractivity contribution < 1.29 is 9.59 Å². The highest BCUT2D eigenvalue weighted by atomic mass is 32.1. The summed E-state index contributed by atoms with van der Waals surface area (Å²) in [6.45, 7) is 0.666. The monoisotopic (exact) mass is 335 g/mol. The maximum Gasteiger partial charge on any atom is 0.248 e. The van der Waals surface area contributed by atoms with E-state index in [0.29, 0.717) is 18.1 Å². The van der Waals surface area contributed by atoms with Gasteiger partial charge < -0.3 is 10.2 Å². The summed E-state index contributed by atoms with van der Waals surface area (Å²) in [6.07, 6.45) is 4.46. The van der Waals surface area contributed by atoms with Gasteiger partial charge in [-0.1, -0.05) is 6.07 Å². The number of nitrogens with zero attached hydrogens (tertiary/aromatic N) is 2. The molecule has 1 fully saturated rings. The van der Waals surface area contributed by atoms with Crippen molar-refractivity contribution in [3.05, 3.63) is 34.0 Å². The zero-order valence-corrected chi connectivity index (χ0v) is 13.7. The number of hydrogen-bond donors (Lipinski definition) is 1. The van der Waals surface area contributed by atoms with Crippen LogP contribution in [0.4, 0.5) is 5.13 Å². The molecule has 0 saturated carbocycles.